The van der Waals surface area contributed by atoms with Gasteiger partial charge in [0.2, 0.25) is 0 Å². The number of nitrogens with zero attached hydrogens (tertiary/aromatic N) is 5. The SMILES string of the molecule is Cc1cc(C(=O)NCc2cnn(C)c2)c2c(C)nn(C)c2n1. The lowest BCUT2D eigenvalue weighted by molar-refractivity contribution is 0.0952. The monoisotopic (exact) mass is 298 g/mol. The topological polar surface area (TPSA) is 77.6 Å². The number of aryl methyl sites for hydroxylation is 4. The zero-order chi connectivity index (χ0) is 15.9. The van der Waals surface area contributed by atoms with Crippen molar-refractivity contribution < 1.29 is 4.79 Å². The van der Waals surface area contributed by atoms with E-state index in [2.05, 4.69) is 20.5 Å². The molecule has 3 heterocycles. The van der Waals surface area contributed by atoms with Gasteiger partial charge in [0.25, 0.3) is 5.91 Å². The molecule has 0 fully saturated rings. The van der Waals surface area contributed by atoms with E-state index in [1.165, 1.54) is 0 Å². The van der Waals surface area contributed by atoms with Gasteiger partial charge in [-0.1, -0.05) is 0 Å². The lowest BCUT2D eigenvalue weighted by atomic mass is 10.1. The summed E-state index contributed by atoms with van der Waals surface area (Å²) in [5.74, 6) is -0.129. The molecule has 1 N–H and O–H groups in total. The maximum atomic E-state index is 12.5. The van der Waals surface area contributed by atoms with Crippen molar-refractivity contribution in [2.24, 2.45) is 14.1 Å². The highest BCUT2D eigenvalue weighted by Gasteiger charge is 2.17. The smallest absolute Gasteiger partial charge is 0.252 e. The van der Waals surface area contributed by atoms with Crippen LogP contribution in [-0.2, 0) is 20.6 Å². The van der Waals surface area contributed by atoms with Crippen LogP contribution in [0.5, 0.6) is 0 Å². The van der Waals surface area contributed by atoms with Crippen molar-refractivity contribution >= 4 is 16.9 Å². The van der Waals surface area contributed by atoms with E-state index in [1.54, 1.807) is 21.6 Å². The van der Waals surface area contributed by atoms with E-state index in [1.807, 2.05) is 34.1 Å². The fraction of sp³-hybridized carbons (Fsp3) is 0.333. The molecule has 0 spiro atoms. The van der Waals surface area contributed by atoms with Crippen LogP contribution in [0.1, 0.15) is 27.3 Å². The number of amides is 1. The molecular formula is C15H18N6O. The van der Waals surface area contributed by atoms with Gasteiger partial charge in [0.15, 0.2) is 5.65 Å². The van der Waals surface area contributed by atoms with E-state index in [-0.39, 0.29) is 5.91 Å². The summed E-state index contributed by atoms with van der Waals surface area (Å²) in [7, 11) is 3.68. The molecule has 0 aliphatic rings. The van der Waals surface area contributed by atoms with E-state index in [0.717, 1.165) is 28.0 Å². The molecule has 0 aliphatic heterocycles. The lowest BCUT2D eigenvalue weighted by Gasteiger charge is -2.07. The maximum Gasteiger partial charge on any atom is 0.252 e. The Balaban J connectivity index is 1.93. The lowest BCUT2D eigenvalue weighted by Crippen LogP contribution is -2.23. The van der Waals surface area contributed by atoms with Gasteiger partial charge in [0, 0.05) is 38.1 Å². The first-order valence-electron chi connectivity index (χ1n) is 7.02. The highest BCUT2D eigenvalue weighted by Crippen LogP contribution is 2.21. The van der Waals surface area contributed by atoms with Gasteiger partial charge in [-0.25, -0.2) is 4.98 Å². The molecule has 7 nitrogen and oxygen atoms in total. The third-order valence-electron chi connectivity index (χ3n) is 3.55. The van der Waals surface area contributed by atoms with Crippen molar-refractivity contribution in [1.29, 1.82) is 0 Å². The van der Waals surface area contributed by atoms with E-state index in [4.69, 9.17) is 0 Å². The minimum Gasteiger partial charge on any atom is -0.348 e. The van der Waals surface area contributed by atoms with E-state index in [0.29, 0.717) is 12.1 Å². The van der Waals surface area contributed by atoms with Crippen LogP contribution in [0.25, 0.3) is 11.0 Å². The molecule has 0 aliphatic carbocycles. The highest BCUT2D eigenvalue weighted by atomic mass is 16.1. The molecule has 3 aromatic rings. The fourth-order valence-electron chi connectivity index (χ4n) is 2.59. The quantitative estimate of drug-likeness (QED) is 0.789. The third-order valence-corrected chi connectivity index (χ3v) is 3.55. The van der Waals surface area contributed by atoms with Gasteiger partial charge in [0.05, 0.1) is 22.8 Å². The first-order chi connectivity index (χ1) is 10.5. The summed E-state index contributed by atoms with van der Waals surface area (Å²) in [5, 5.41) is 12.2. The maximum absolute atomic E-state index is 12.5. The standard InChI is InChI=1S/C15H18N6O/c1-9-5-12(13-10(2)19-21(4)14(13)18-9)15(22)16-6-11-7-17-20(3)8-11/h5,7-8H,6H2,1-4H3,(H,16,22). The molecule has 22 heavy (non-hydrogen) atoms. The molecule has 0 saturated heterocycles. The van der Waals surface area contributed by atoms with Crippen LogP contribution >= 0.6 is 0 Å². The number of nitrogens with one attached hydrogen (secondary N) is 1. The van der Waals surface area contributed by atoms with Crippen LogP contribution in [0, 0.1) is 13.8 Å². The minimum atomic E-state index is -0.129. The summed E-state index contributed by atoms with van der Waals surface area (Å²) < 4.78 is 3.41. The van der Waals surface area contributed by atoms with Gasteiger partial charge < -0.3 is 5.32 Å². The molecule has 1 amide bonds. The number of fused-ring (bicyclic) bond motifs is 1. The Morgan fingerprint density at radius 3 is 2.77 bits per heavy atom. The van der Waals surface area contributed by atoms with Gasteiger partial charge in [-0.05, 0) is 19.9 Å². The van der Waals surface area contributed by atoms with Crippen molar-refractivity contribution in [2.75, 3.05) is 0 Å². The first-order valence-corrected chi connectivity index (χ1v) is 7.02. The zero-order valence-electron chi connectivity index (χ0n) is 13.1. The summed E-state index contributed by atoms with van der Waals surface area (Å²) in [5.41, 5.74) is 3.89. The zero-order valence-corrected chi connectivity index (χ0v) is 13.1. The van der Waals surface area contributed by atoms with Crippen LogP contribution in [0.15, 0.2) is 18.5 Å². The third kappa shape index (κ3) is 2.45. The molecule has 0 bridgehead atoms. The average Bonchev–Trinajstić information content (AvgIpc) is 3.00. The predicted octanol–water partition coefficient (Wildman–Crippen LogP) is 1.25. The highest BCUT2D eigenvalue weighted by molar-refractivity contribution is 6.06. The Morgan fingerprint density at radius 1 is 1.32 bits per heavy atom. The Labute approximate surface area is 128 Å². The Hall–Kier alpha value is -2.70. The summed E-state index contributed by atoms with van der Waals surface area (Å²) in [6, 6.07) is 1.80. The number of hydrogen-bond donors (Lipinski definition) is 1. The number of pyridine rings is 1. The van der Waals surface area contributed by atoms with E-state index < -0.39 is 0 Å². The summed E-state index contributed by atoms with van der Waals surface area (Å²) in [6.45, 7) is 4.20. The van der Waals surface area contributed by atoms with Gasteiger partial charge in [-0.2, -0.15) is 10.2 Å². The van der Waals surface area contributed by atoms with Crippen LogP contribution in [0.4, 0.5) is 0 Å². The molecule has 0 aromatic carbocycles. The summed E-state index contributed by atoms with van der Waals surface area (Å²) in [6.07, 6.45) is 3.62. The normalized spacial score (nSPS) is 11.1. The number of aromatic nitrogens is 5. The van der Waals surface area contributed by atoms with E-state index >= 15 is 0 Å². The van der Waals surface area contributed by atoms with Crippen molar-refractivity contribution in [3.05, 3.63) is 41.0 Å². The predicted molar refractivity (Wildman–Crippen MR) is 82.4 cm³/mol. The molecule has 3 rings (SSSR count). The van der Waals surface area contributed by atoms with Gasteiger partial charge in [0.1, 0.15) is 0 Å². The van der Waals surface area contributed by atoms with Gasteiger partial charge >= 0.3 is 0 Å². The van der Waals surface area contributed by atoms with Crippen molar-refractivity contribution in [3.8, 4) is 0 Å². The summed E-state index contributed by atoms with van der Waals surface area (Å²) >= 11 is 0. The number of rotatable bonds is 3. The second-order valence-electron chi connectivity index (χ2n) is 5.42. The molecule has 3 aromatic heterocycles. The minimum absolute atomic E-state index is 0.129. The van der Waals surface area contributed by atoms with E-state index in [9.17, 15) is 4.79 Å². The molecule has 0 saturated carbocycles. The Kier molecular flexibility index (Phi) is 3.40. The fourth-order valence-corrected chi connectivity index (χ4v) is 2.59. The largest absolute Gasteiger partial charge is 0.348 e. The van der Waals surface area contributed by atoms with Crippen LogP contribution in [-0.4, -0.2) is 30.5 Å². The molecule has 0 unspecified atom stereocenters. The van der Waals surface area contributed by atoms with Gasteiger partial charge in [-0.3, -0.25) is 14.2 Å². The Morgan fingerprint density at radius 2 is 2.09 bits per heavy atom. The number of hydrogen-bond acceptors (Lipinski definition) is 4. The second kappa shape index (κ2) is 5.25. The number of carbonyl (C=O) groups is 1. The molecule has 7 heteroatoms. The molecule has 0 radical (unpaired) electrons. The van der Waals surface area contributed by atoms with Crippen LogP contribution < -0.4 is 5.32 Å². The van der Waals surface area contributed by atoms with Crippen molar-refractivity contribution in [1.82, 2.24) is 29.9 Å². The molecule has 0 atom stereocenters. The molecular weight excluding hydrogens is 280 g/mol. The molecule has 114 valence electrons. The number of carbonyl (C=O) groups excluding carboxylic acids is 1. The summed E-state index contributed by atoms with van der Waals surface area (Å²) in [4.78, 5) is 17.0. The second-order valence-corrected chi connectivity index (χ2v) is 5.42. The van der Waals surface area contributed by atoms with Crippen LogP contribution in [0.2, 0.25) is 0 Å². The van der Waals surface area contributed by atoms with Crippen LogP contribution in [0.3, 0.4) is 0 Å². The van der Waals surface area contributed by atoms with Crippen molar-refractivity contribution in [2.45, 2.75) is 20.4 Å². The first kappa shape index (κ1) is 14.2. The van der Waals surface area contributed by atoms with Gasteiger partial charge in [-0.15, -0.1) is 0 Å². The van der Waals surface area contributed by atoms with Crippen molar-refractivity contribution in [3.63, 3.8) is 0 Å². The average molecular weight is 298 g/mol. The Bertz CT molecular complexity index is 860.